The number of ether oxygens (including phenoxy) is 2. The molecule has 2 nitrogen and oxygen atoms in total. The Kier molecular flexibility index (Phi) is 9.36. The van der Waals surface area contributed by atoms with Gasteiger partial charge in [0.25, 0.3) is 0 Å². The zero-order valence-corrected chi connectivity index (χ0v) is 15.5. The molecule has 24 heavy (non-hydrogen) atoms. The molecule has 0 heterocycles. The number of allylic oxidation sites excluding steroid dienone is 7. The summed E-state index contributed by atoms with van der Waals surface area (Å²) in [7, 11) is 3.45. The molecule has 0 unspecified atom stereocenters. The van der Waals surface area contributed by atoms with E-state index < -0.39 is 0 Å². The van der Waals surface area contributed by atoms with Crippen LogP contribution in [0.2, 0.25) is 0 Å². The molecule has 1 aromatic rings. The van der Waals surface area contributed by atoms with Gasteiger partial charge in [-0.3, -0.25) is 0 Å². The van der Waals surface area contributed by atoms with Crippen LogP contribution < -0.4 is 9.47 Å². The third-order valence-corrected chi connectivity index (χ3v) is 3.75. The van der Waals surface area contributed by atoms with Gasteiger partial charge < -0.3 is 9.47 Å². The minimum absolute atomic E-state index is 0.927. The van der Waals surface area contributed by atoms with Crippen LogP contribution in [0, 0.1) is 0 Å². The van der Waals surface area contributed by atoms with E-state index in [1.165, 1.54) is 5.56 Å². The van der Waals surface area contributed by atoms with Crippen molar-refractivity contribution in [2.45, 2.75) is 39.5 Å². The average Bonchev–Trinajstić information content (AvgIpc) is 2.59. The summed E-state index contributed by atoms with van der Waals surface area (Å²) >= 11 is 0. The molecule has 0 bridgehead atoms. The highest BCUT2D eigenvalue weighted by Gasteiger charge is 2.11. The molecular formula is C22H30O2. The standard InChI is InChI=1S/C22H30O2/c1-6-11-18(12-7-2)14-9-10-15-19-16-21(23-4)20(13-8-3)22(17-19)24-5/h6-7,9,11-12,14,16-17H,1,8,10,13,15H2,2-5H3/b12-7-,14-9+,18-11+. The number of methoxy groups -OCH3 is 2. The lowest BCUT2D eigenvalue weighted by atomic mass is 10.0. The molecule has 0 aliphatic rings. The summed E-state index contributed by atoms with van der Waals surface area (Å²) in [6, 6.07) is 4.27. The zero-order chi connectivity index (χ0) is 17.8. The molecule has 0 aliphatic carbocycles. The zero-order valence-electron chi connectivity index (χ0n) is 15.5. The van der Waals surface area contributed by atoms with E-state index in [1.807, 2.05) is 25.2 Å². The van der Waals surface area contributed by atoms with Gasteiger partial charge >= 0.3 is 0 Å². The third kappa shape index (κ3) is 6.11. The van der Waals surface area contributed by atoms with Crippen LogP contribution in [0.15, 0.2) is 60.7 Å². The number of aryl methyl sites for hydroxylation is 1. The molecule has 2 heteroatoms. The normalized spacial score (nSPS) is 12.1. The Morgan fingerprint density at radius 1 is 1.08 bits per heavy atom. The second-order valence-electron chi connectivity index (χ2n) is 5.57. The Labute approximate surface area is 147 Å². The van der Waals surface area contributed by atoms with Crippen LogP contribution >= 0.6 is 0 Å². The predicted molar refractivity (Wildman–Crippen MR) is 104 cm³/mol. The Balaban J connectivity index is 2.85. The van der Waals surface area contributed by atoms with Gasteiger partial charge in [0.1, 0.15) is 11.5 Å². The maximum absolute atomic E-state index is 5.56. The Bertz CT molecular complexity index is 581. The molecule has 0 aromatic heterocycles. The van der Waals surface area contributed by atoms with Crippen molar-refractivity contribution in [3.8, 4) is 11.5 Å². The number of hydrogen-bond donors (Lipinski definition) is 0. The van der Waals surface area contributed by atoms with Crippen molar-refractivity contribution in [3.63, 3.8) is 0 Å². The van der Waals surface area contributed by atoms with Crippen molar-refractivity contribution >= 4 is 0 Å². The van der Waals surface area contributed by atoms with E-state index in [9.17, 15) is 0 Å². The second kappa shape index (κ2) is 11.3. The molecule has 0 amide bonds. The number of benzene rings is 1. The van der Waals surface area contributed by atoms with Crippen molar-refractivity contribution in [1.29, 1.82) is 0 Å². The van der Waals surface area contributed by atoms with Gasteiger partial charge in [-0.15, -0.1) is 0 Å². The van der Waals surface area contributed by atoms with Gasteiger partial charge in [-0.1, -0.05) is 56.4 Å². The Morgan fingerprint density at radius 2 is 1.75 bits per heavy atom. The highest BCUT2D eigenvalue weighted by Crippen LogP contribution is 2.32. The molecule has 0 spiro atoms. The predicted octanol–water partition coefficient (Wildman–Crippen LogP) is 5.83. The van der Waals surface area contributed by atoms with Crippen LogP contribution in [0.5, 0.6) is 11.5 Å². The summed E-state index contributed by atoms with van der Waals surface area (Å²) in [4.78, 5) is 0. The van der Waals surface area contributed by atoms with E-state index in [2.05, 4.69) is 43.9 Å². The molecule has 0 saturated carbocycles. The minimum Gasteiger partial charge on any atom is -0.496 e. The topological polar surface area (TPSA) is 18.5 Å². The summed E-state index contributed by atoms with van der Waals surface area (Å²) in [5.41, 5.74) is 3.54. The second-order valence-corrected chi connectivity index (χ2v) is 5.57. The van der Waals surface area contributed by atoms with Gasteiger partial charge in [0, 0.05) is 5.56 Å². The van der Waals surface area contributed by atoms with E-state index >= 15 is 0 Å². The van der Waals surface area contributed by atoms with Gasteiger partial charge in [0.05, 0.1) is 14.2 Å². The first-order chi connectivity index (χ1) is 11.7. The lowest BCUT2D eigenvalue weighted by Gasteiger charge is -2.14. The van der Waals surface area contributed by atoms with Crippen molar-refractivity contribution < 1.29 is 9.47 Å². The largest absolute Gasteiger partial charge is 0.496 e. The molecule has 0 atom stereocenters. The van der Waals surface area contributed by atoms with Crippen LogP contribution in [0.3, 0.4) is 0 Å². The maximum atomic E-state index is 5.56. The van der Waals surface area contributed by atoms with Crippen molar-refractivity contribution in [1.82, 2.24) is 0 Å². The molecule has 1 aromatic carbocycles. The first-order valence-corrected chi connectivity index (χ1v) is 8.55. The highest BCUT2D eigenvalue weighted by molar-refractivity contribution is 5.48. The molecule has 0 N–H and O–H groups in total. The number of rotatable bonds is 10. The van der Waals surface area contributed by atoms with Gasteiger partial charge in [-0.05, 0) is 49.5 Å². The monoisotopic (exact) mass is 326 g/mol. The van der Waals surface area contributed by atoms with E-state index in [0.29, 0.717) is 0 Å². The average molecular weight is 326 g/mol. The SMILES string of the molecule is C=C/C=C(\C=C/C)/C=C/CCc1cc(OC)c(CCC)c(OC)c1. The van der Waals surface area contributed by atoms with Crippen LogP contribution in [-0.4, -0.2) is 14.2 Å². The third-order valence-electron chi connectivity index (χ3n) is 3.75. The summed E-state index contributed by atoms with van der Waals surface area (Å²) in [6.07, 6.45) is 16.2. The van der Waals surface area contributed by atoms with Gasteiger partial charge in [0.2, 0.25) is 0 Å². The van der Waals surface area contributed by atoms with Crippen LogP contribution in [-0.2, 0) is 12.8 Å². The van der Waals surface area contributed by atoms with Crippen LogP contribution in [0.4, 0.5) is 0 Å². The minimum atomic E-state index is 0.927. The summed E-state index contributed by atoms with van der Waals surface area (Å²) in [5, 5.41) is 0. The smallest absolute Gasteiger partial charge is 0.126 e. The quantitative estimate of drug-likeness (QED) is 0.503. The Morgan fingerprint density at radius 3 is 2.25 bits per heavy atom. The summed E-state index contributed by atoms with van der Waals surface area (Å²) in [5.74, 6) is 1.85. The van der Waals surface area contributed by atoms with Crippen molar-refractivity contribution in [2.24, 2.45) is 0 Å². The van der Waals surface area contributed by atoms with E-state index in [-0.39, 0.29) is 0 Å². The van der Waals surface area contributed by atoms with E-state index in [4.69, 9.17) is 9.47 Å². The van der Waals surface area contributed by atoms with E-state index in [0.717, 1.165) is 48.3 Å². The van der Waals surface area contributed by atoms with Crippen molar-refractivity contribution in [3.05, 3.63) is 71.9 Å². The van der Waals surface area contributed by atoms with Crippen LogP contribution in [0.1, 0.15) is 37.8 Å². The van der Waals surface area contributed by atoms with Crippen LogP contribution in [0.25, 0.3) is 0 Å². The van der Waals surface area contributed by atoms with E-state index in [1.54, 1.807) is 14.2 Å². The lowest BCUT2D eigenvalue weighted by Crippen LogP contribution is -1.99. The molecule has 0 fully saturated rings. The first-order valence-electron chi connectivity index (χ1n) is 8.55. The molecular weight excluding hydrogens is 296 g/mol. The highest BCUT2D eigenvalue weighted by atomic mass is 16.5. The molecule has 0 radical (unpaired) electrons. The number of hydrogen-bond acceptors (Lipinski definition) is 2. The fraction of sp³-hybridized carbons (Fsp3) is 0.364. The van der Waals surface area contributed by atoms with Crippen molar-refractivity contribution in [2.75, 3.05) is 14.2 Å². The first kappa shape index (κ1) is 19.8. The summed E-state index contributed by atoms with van der Waals surface area (Å²) in [6.45, 7) is 7.93. The molecule has 130 valence electrons. The van der Waals surface area contributed by atoms with Gasteiger partial charge in [-0.2, -0.15) is 0 Å². The molecule has 1 rings (SSSR count). The van der Waals surface area contributed by atoms with Gasteiger partial charge in [-0.25, -0.2) is 0 Å². The fourth-order valence-electron chi connectivity index (χ4n) is 2.64. The molecule has 0 saturated heterocycles. The summed E-state index contributed by atoms with van der Waals surface area (Å²) < 4.78 is 11.1. The molecule has 0 aliphatic heterocycles. The lowest BCUT2D eigenvalue weighted by molar-refractivity contribution is 0.384. The fourth-order valence-corrected chi connectivity index (χ4v) is 2.64. The maximum Gasteiger partial charge on any atom is 0.126 e. The van der Waals surface area contributed by atoms with Gasteiger partial charge in [0.15, 0.2) is 0 Å². The Hall–Kier alpha value is -2.22.